The van der Waals surface area contributed by atoms with E-state index >= 15 is 0 Å². The summed E-state index contributed by atoms with van der Waals surface area (Å²) in [6, 6.07) is 0.300. The van der Waals surface area contributed by atoms with Crippen LogP contribution in [0.15, 0.2) is 6.07 Å². The van der Waals surface area contributed by atoms with Crippen molar-refractivity contribution in [2.45, 2.75) is 18.6 Å². The van der Waals surface area contributed by atoms with E-state index in [4.69, 9.17) is 27.9 Å². The summed E-state index contributed by atoms with van der Waals surface area (Å²) in [6.45, 7) is 0.169. The topological polar surface area (TPSA) is 92.6 Å². The fourth-order valence-electron chi connectivity index (χ4n) is 2.08. The molecule has 1 saturated heterocycles. The van der Waals surface area contributed by atoms with E-state index in [9.17, 15) is 14.7 Å². The Morgan fingerprint density at radius 2 is 2.15 bits per heavy atom. The van der Waals surface area contributed by atoms with E-state index in [1.54, 1.807) is 0 Å². The predicted octanol–water partition coefficient (Wildman–Crippen LogP) is 1.10. The van der Waals surface area contributed by atoms with Gasteiger partial charge in [-0.2, -0.15) is 0 Å². The highest BCUT2D eigenvalue weighted by Crippen LogP contribution is 2.25. The summed E-state index contributed by atoms with van der Waals surface area (Å²) >= 11 is 11.5. The molecule has 20 heavy (non-hydrogen) atoms. The molecule has 0 saturated carbocycles. The summed E-state index contributed by atoms with van der Waals surface area (Å²) in [6.07, 6.45) is -0.106. The second kappa shape index (κ2) is 5.90. The van der Waals surface area contributed by atoms with E-state index in [1.807, 2.05) is 0 Å². The van der Waals surface area contributed by atoms with Crippen LogP contribution < -0.4 is 0 Å². The number of halogens is 2. The predicted molar refractivity (Wildman–Crippen MR) is 69.9 cm³/mol. The largest absolute Gasteiger partial charge is 0.480 e. The molecular formula is C11H11Cl2N3O4. The molecule has 0 aromatic carbocycles. The normalized spacial score (nSPS) is 22.1. The number of likely N-dealkylation sites (tertiary alicyclic amines) is 1. The molecule has 2 unspecified atom stereocenters. The molecule has 2 atom stereocenters. The molecule has 0 bridgehead atoms. The van der Waals surface area contributed by atoms with E-state index in [0.717, 1.165) is 0 Å². The Morgan fingerprint density at radius 3 is 2.75 bits per heavy atom. The van der Waals surface area contributed by atoms with Crippen LogP contribution in [-0.4, -0.2) is 57.9 Å². The highest BCUT2D eigenvalue weighted by atomic mass is 35.5. The lowest BCUT2D eigenvalue weighted by atomic mass is 10.2. The van der Waals surface area contributed by atoms with Gasteiger partial charge in [0.2, 0.25) is 0 Å². The lowest BCUT2D eigenvalue weighted by molar-refractivity contribution is -0.141. The van der Waals surface area contributed by atoms with Crippen LogP contribution in [0.4, 0.5) is 0 Å². The van der Waals surface area contributed by atoms with E-state index in [1.165, 1.54) is 18.1 Å². The van der Waals surface area contributed by atoms with Gasteiger partial charge in [-0.1, -0.05) is 23.2 Å². The number of amides is 1. The van der Waals surface area contributed by atoms with Gasteiger partial charge < -0.3 is 14.7 Å². The average molecular weight is 320 g/mol. The maximum absolute atomic E-state index is 12.4. The number of rotatable bonds is 3. The van der Waals surface area contributed by atoms with Crippen LogP contribution in [0.5, 0.6) is 0 Å². The number of methoxy groups -OCH3 is 1. The maximum Gasteiger partial charge on any atom is 0.326 e. The van der Waals surface area contributed by atoms with Crippen molar-refractivity contribution in [3.05, 3.63) is 21.9 Å². The summed E-state index contributed by atoms with van der Waals surface area (Å²) in [7, 11) is 1.47. The van der Waals surface area contributed by atoms with Gasteiger partial charge in [0.05, 0.1) is 11.7 Å². The van der Waals surface area contributed by atoms with E-state index in [2.05, 4.69) is 10.2 Å². The zero-order valence-electron chi connectivity index (χ0n) is 10.4. The van der Waals surface area contributed by atoms with Crippen LogP contribution in [0.2, 0.25) is 10.3 Å². The molecule has 1 N–H and O–H groups in total. The molecule has 2 heterocycles. The van der Waals surface area contributed by atoms with Gasteiger partial charge in [-0.25, -0.2) is 4.79 Å². The molecular weight excluding hydrogens is 309 g/mol. The van der Waals surface area contributed by atoms with Crippen LogP contribution in [0.25, 0.3) is 0 Å². The van der Waals surface area contributed by atoms with Crippen LogP contribution in [0.3, 0.4) is 0 Å². The fraction of sp³-hybridized carbons (Fsp3) is 0.455. The first-order valence-corrected chi connectivity index (χ1v) is 6.45. The Hall–Kier alpha value is -1.44. The Bertz CT molecular complexity index is 554. The van der Waals surface area contributed by atoms with Crippen molar-refractivity contribution < 1.29 is 19.4 Å². The molecule has 7 nitrogen and oxygen atoms in total. The number of ether oxygens (including phenoxy) is 1. The number of hydrogen-bond acceptors (Lipinski definition) is 5. The number of carbonyl (C=O) groups is 2. The standard InChI is InChI=1S/C11H11Cl2N3O4/c1-20-5-2-7(11(18)19)16(4-5)10(17)6-3-8(12)14-15-9(6)13/h3,5,7H,2,4H2,1H3,(H,18,19). The van der Waals surface area contributed by atoms with Gasteiger partial charge in [0.1, 0.15) is 6.04 Å². The molecule has 1 aromatic heterocycles. The van der Waals surface area contributed by atoms with Gasteiger partial charge in [0, 0.05) is 20.1 Å². The maximum atomic E-state index is 12.4. The van der Waals surface area contributed by atoms with Crippen molar-refractivity contribution in [1.82, 2.24) is 15.1 Å². The molecule has 1 aromatic rings. The lowest BCUT2D eigenvalue weighted by Crippen LogP contribution is -2.40. The molecule has 1 aliphatic heterocycles. The van der Waals surface area contributed by atoms with Crippen molar-refractivity contribution in [1.29, 1.82) is 0 Å². The van der Waals surface area contributed by atoms with Crippen molar-refractivity contribution >= 4 is 35.1 Å². The average Bonchev–Trinajstić information content (AvgIpc) is 2.85. The number of carbonyl (C=O) groups excluding carboxylic acids is 1. The van der Waals surface area contributed by atoms with Crippen LogP contribution in [-0.2, 0) is 9.53 Å². The highest BCUT2D eigenvalue weighted by Gasteiger charge is 2.40. The van der Waals surface area contributed by atoms with Gasteiger partial charge in [0.15, 0.2) is 10.3 Å². The lowest BCUT2D eigenvalue weighted by Gasteiger charge is -2.21. The van der Waals surface area contributed by atoms with Crippen LogP contribution in [0.1, 0.15) is 16.8 Å². The van der Waals surface area contributed by atoms with Crippen molar-refractivity contribution in [3.8, 4) is 0 Å². The van der Waals surface area contributed by atoms with Crippen molar-refractivity contribution in [2.24, 2.45) is 0 Å². The Morgan fingerprint density at radius 1 is 1.45 bits per heavy atom. The minimum Gasteiger partial charge on any atom is -0.480 e. The molecule has 0 radical (unpaired) electrons. The van der Waals surface area contributed by atoms with Gasteiger partial charge >= 0.3 is 5.97 Å². The third-order valence-corrected chi connectivity index (χ3v) is 3.56. The Labute approximate surface area is 124 Å². The monoisotopic (exact) mass is 319 g/mol. The number of nitrogens with zero attached hydrogens (tertiary/aromatic N) is 3. The fourth-order valence-corrected chi connectivity index (χ4v) is 2.40. The second-order valence-corrected chi connectivity index (χ2v) is 5.02. The third kappa shape index (κ3) is 2.84. The molecule has 108 valence electrons. The highest BCUT2D eigenvalue weighted by molar-refractivity contribution is 6.34. The van der Waals surface area contributed by atoms with Crippen molar-refractivity contribution in [2.75, 3.05) is 13.7 Å². The first-order valence-electron chi connectivity index (χ1n) is 5.69. The smallest absolute Gasteiger partial charge is 0.326 e. The summed E-state index contributed by atoms with van der Waals surface area (Å²) in [5.74, 6) is -1.65. The molecule has 1 amide bonds. The number of carboxylic acids is 1. The zero-order chi connectivity index (χ0) is 14.9. The second-order valence-electron chi connectivity index (χ2n) is 4.28. The molecule has 1 aliphatic rings. The molecule has 0 spiro atoms. The number of aromatic nitrogens is 2. The summed E-state index contributed by atoms with van der Waals surface area (Å²) in [5, 5.41) is 16.1. The molecule has 9 heteroatoms. The van der Waals surface area contributed by atoms with Gasteiger partial charge in [-0.15, -0.1) is 10.2 Å². The first-order chi connectivity index (χ1) is 9.43. The third-order valence-electron chi connectivity index (χ3n) is 3.09. The molecule has 1 fully saturated rings. The van der Waals surface area contributed by atoms with Crippen LogP contribution in [0, 0.1) is 0 Å². The molecule has 0 aliphatic carbocycles. The quantitative estimate of drug-likeness (QED) is 0.896. The van der Waals surface area contributed by atoms with E-state index in [0.29, 0.717) is 0 Å². The number of aliphatic carboxylic acids is 1. The Kier molecular flexibility index (Phi) is 4.42. The van der Waals surface area contributed by atoms with Gasteiger partial charge in [0.25, 0.3) is 5.91 Å². The molecule has 2 rings (SSSR count). The Balaban J connectivity index is 2.31. The summed E-state index contributed by atoms with van der Waals surface area (Å²) in [5.41, 5.74) is 0.0228. The van der Waals surface area contributed by atoms with Gasteiger partial charge in [-0.3, -0.25) is 4.79 Å². The SMILES string of the molecule is COC1CC(C(=O)O)N(C(=O)c2cc(Cl)nnc2Cl)C1. The van der Waals surface area contributed by atoms with E-state index in [-0.39, 0.29) is 34.9 Å². The number of carboxylic acid groups (broad SMARTS) is 1. The van der Waals surface area contributed by atoms with Gasteiger partial charge in [-0.05, 0) is 6.07 Å². The van der Waals surface area contributed by atoms with Crippen LogP contribution >= 0.6 is 23.2 Å². The minimum atomic E-state index is -1.10. The minimum absolute atomic E-state index is 0.00659. The summed E-state index contributed by atoms with van der Waals surface area (Å²) < 4.78 is 5.12. The van der Waals surface area contributed by atoms with E-state index < -0.39 is 17.9 Å². The van der Waals surface area contributed by atoms with Crippen molar-refractivity contribution in [3.63, 3.8) is 0 Å². The first kappa shape index (κ1) is 15.0. The zero-order valence-corrected chi connectivity index (χ0v) is 11.9. The summed E-state index contributed by atoms with van der Waals surface area (Å²) in [4.78, 5) is 24.8. The number of hydrogen-bond donors (Lipinski definition) is 1.